The third-order valence-electron chi connectivity index (χ3n) is 4.14. The van der Waals surface area contributed by atoms with E-state index < -0.39 is 17.8 Å². The molecule has 132 valence electrons. The van der Waals surface area contributed by atoms with Crippen LogP contribution >= 0.6 is 11.3 Å². The summed E-state index contributed by atoms with van der Waals surface area (Å²) in [5.74, 6) is -3.21. The molecule has 1 heterocycles. The minimum Gasteiger partial charge on any atom is -0.550 e. The molecular weight excluding hydrogens is 332 g/mol. The highest BCUT2D eigenvalue weighted by molar-refractivity contribution is 7.16. The van der Waals surface area contributed by atoms with E-state index in [4.69, 9.17) is 4.74 Å². The molecule has 1 aliphatic carbocycles. The van der Waals surface area contributed by atoms with Gasteiger partial charge in [-0.3, -0.25) is 9.59 Å². The Morgan fingerprint density at radius 1 is 1.29 bits per heavy atom. The number of hydrogen-bond donors (Lipinski definition) is 1. The second-order valence-corrected chi connectivity index (χ2v) is 6.90. The van der Waals surface area contributed by atoms with Crippen molar-refractivity contribution in [2.75, 3.05) is 11.9 Å². The normalized spacial score (nSPS) is 20.4. The van der Waals surface area contributed by atoms with Crippen molar-refractivity contribution in [2.45, 2.75) is 46.0 Å². The SMILES string of the molecule is CCOC(=O)Cc1sc(NC(=O)[C@H]2CCCC[C@@H]2C(=O)[O-])nc1C. The van der Waals surface area contributed by atoms with Gasteiger partial charge in [0.2, 0.25) is 5.91 Å². The standard InChI is InChI=1S/C16H22N2O5S/c1-3-23-13(19)8-12-9(2)17-16(24-12)18-14(20)10-6-4-5-7-11(10)15(21)22/h10-11H,3-8H2,1-2H3,(H,21,22)(H,17,18,20)/p-1/t10-,11-/m0/s1. The van der Waals surface area contributed by atoms with Crippen LogP contribution in [0, 0.1) is 18.8 Å². The molecule has 0 bridgehead atoms. The highest BCUT2D eigenvalue weighted by Gasteiger charge is 2.32. The molecule has 1 aliphatic rings. The Hall–Kier alpha value is -1.96. The lowest BCUT2D eigenvalue weighted by atomic mass is 9.79. The van der Waals surface area contributed by atoms with Gasteiger partial charge in [0, 0.05) is 22.7 Å². The van der Waals surface area contributed by atoms with E-state index in [1.54, 1.807) is 13.8 Å². The van der Waals surface area contributed by atoms with Crippen molar-refractivity contribution < 1.29 is 24.2 Å². The number of carboxylic acid groups (broad SMARTS) is 1. The van der Waals surface area contributed by atoms with E-state index >= 15 is 0 Å². The highest BCUT2D eigenvalue weighted by atomic mass is 32.1. The van der Waals surface area contributed by atoms with Crippen molar-refractivity contribution in [3.8, 4) is 0 Å². The first-order valence-electron chi connectivity index (χ1n) is 8.06. The van der Waals surface area contributed by atoms with Gasteiger partial charge in [0.25, 0.3) is 0 Å². The largest absolute Gasteiger partial charge is 0.550 e. The van der Waals surface area contributed by atoms with Gasteiger partial charge in [0.15, 0.2) is 5.13 Å². The monoisotopic (exact) mass is 353 g/mol. The van der Waals surface area contributed by atoms with Gasteiger partial charge in [0.05, 0.1) is 18.7 Å². The van der Waals surface area contributed by atoms with Crippen LogP contribution in [0.1, 0.15) is 43.2 Å². The van der Waals surface area contributed by atoms with Gasteiger partial charge < -0.3 is 20.0 Å². The zero-order valence-electron chi connectivity index (χ0n) is 13.8. The smallest absolute Gasteiger partial charge is 0.311 e. The number of thiazole rings is 1. The molecule has 0 spiro atoms. The number of carbonyl (C=O) groups excluding carboxylic acids is 3. The minimum atomic E-state index is -1.17. The van der Waals surface area contributed by atoms with E-state index in [1.165, 1.54) is 11.3 Å². The fraction of sp³-hybridized carbons (Fsp3) is 0.625. The maximum atomic E-state index is 12.4. The van der Waals surface area contributed by atoms with Crippen molar-refractivity contribution in [1.82, 2.24) is 4.98 Å². The Kier molecular flexibility index (Phi) is 6.30. The molecule has 24 heavy (non-hydrogen) atoms. The number of nitrogens with zero attached hydrogens (tertiary/aromatic N) is 1. The lowest BCUT2D eigenvalue weighted by Gasteiger charge is -2.30. The van der Waals surface area contributed by atoms with Crippen molar-refractivity contribution in [3.05, 3.63) is 10.6 Å². The predicted molar refractivity (Wildman–Crippen MR) is 86.3 cm³/mol. The van der Waals surface area contributed by atoms with Crippen LogP contribution in [0.5, 0.6) is 0 Å². The molecule has 1 fully saturated rings. The van der Waals surface area contributed by atoms with Crippen LogP contribution in [0.3, 0.4) is 0 Å². The maximum absolute atomic E-state index is 12.4. The van der Waals surface area contributed by atoms with Crippen LogP contribution in [-0.4, -0.2) is 29.4 Å². The summed E-state index contributed by atoms with van der Waals surface area (Å²) in [5.41, 5.74) is 0.656. The molecular formula is C16H21N2O5S-. The number of rotatable bonds is 6. The Morgan fingerprint density at radius 2 is 1.96 bits per heavy atom. The fourth-order valence-corrected chi connectivity index (χ4v) is 3.86. The van der Waals surface area contributed by atoms with Crippen molar-refractivity contribution in [1.29, 1.82) is 0 Å². The number of nitrogens with one attached hydrogen (secondary N) is 1. The first-order valence-corrected chi connectivity index (χ1v) is 8.87. The first kappa shape index (κ1) is 18.4. The van der Waals surface area contributed by atoms with Gasteiger partial charge in [-0.1, -0.05) is 12.8 Å². The van der Waals surface area contributed by atoms with E-state index in [0.29, 0.717) is 30.3 Å². The Bertz CT molecular complexity index is 628. The fourth-order valence-electron chi connectivity index (χ4n) is 2.91. The number of carbonyl (C=O) groups is 3. The topological polar surface area (TPSA) is 108 Å². The number of aliphatic carboxylic acids is 1. The number of ether oxygens (including phenoxy) is 1. The lowest BCUT2D eigenvalue weighted by molar-refractivity contribution is -0.313. The van der Waals surface area contributed by atoms with Gasteiger partial charge in [-0.05, 0) is 26.7 Å². The van der Waals surface area contributed by atoms with E-state index in [2.05, 4.69) is 10.3 Å². The summed E-state index contributed by atoms with van der Waals surface area (Å²) in [4.78, 5) is 40.1. The third-order valence-corrected chi connectivity index (χ3v) is 5.21. The molecule has 1 saturated carbocycles. The second-order valence-electron chi connectivity index (χ2n) is 5.82. The van der Waals surface area contributed by atoms with Crippen LogP contribution in [0.25, 0.3) is 0 Å². The molecule has 7 nitrogen and oxygen atoms in total. The number of amides is 1. The van der Waals surface area contributed by atoms with E-state index in [-0.39, 0.29) is 18.3 Å². The number of esters is 1. The van der Waals surface area contributed by atoms with Crippen molar-refractivity contribution in [3.63, 3.8) is 0 Å². The van der Waals surface area contributed by atoms with Crippen LogP contribution in [-0.2, 0) is 25.5 Å². The molecule has 0 unspecified atom stereocenters. The average molecular weight is 353 g/mol. The molecule has 0 aliphatic heterocycles. The van der Waals surface area contributed by atoms with Gasteiger partial charge in [-0.15, -0.1) is 11.3 Å². The number of anilines is 1. The molecule has 2 atom stereocenters. The summed E-state index contributed by atoms with van der Waals surface area (Å²) >= 11 is 1.21. The summed E-state index contributed by atoms with van der Waals surface area (Å²) < 4.78 is 4.91. The molecule has 0 saturated heterocycles. The molecule has 0 aromatic carbocycles. The first-order chi connectivity index (χ1) is 11.4. The average Bonchev–Trinajstić information content (AvgIpc) is 2.86. The van der Waals surface area contributed by atoms with Gasteiger partial charge in [-0.2, -0.15) is 0 Å². The van der Waals surface area contributed by atoms with Crippen LogP contribution in [0.15, 0.2) is 0 Å². The van der Waals surface area contributed by atoms with Crippen LogP contribution < -0.4 is 10.4 Å². The van der Waals surface area contributed by atoms with E-state index in [0.717, 1.165) is 17.7 Å². The van der Waals surface area contributed by atoms with Crippen molar-refractivity contribution in [2.24, 2.45) is 11.8 Å². The van der Waals surface area contributed by atoms with E-state index in [9.17, 15) is 19.5 Å². The van der Waals surface area contributed by atoms with Gasteiger partial charge >= 0.3 is 5.97 Å². The number of carboxylic acids is 1. The summed E-state index contributed by atoms with van der Waals surface area (Å²) in [7, 11) is 0. The predicted octanol–water partition coefficient (Wildman–Crippen LogP) is 1.05. The van der Waals surface area contributed by atoms with Crippen molar-refractivity contribution >= 4 is 34.3 Å². The lowest BCUT2D eigenvalue weighted by Crippen LogP contribution is -2.42. The Morgan fingerprint density at radius 3 is 2.58 bits per heavy atom. The molecule has 1 N–H and O–H groups in total. The van der Waals surface area contributed by atoms with Crippen LogP contribution in [0.2, 0.25) is 0 Å². The summed E-state index contributed by atoms with van der Waals surface area (Å²) in [6.07, 6.45) is 2.73. The highest BCUT2D eigenvalue weighted by Crippen LogP contribution is 2.31. The van der Waals surface area contributed by atoms with Gasteiger partial charge in [-0.25, -0.2) is 4.98 Å². The Labute approximate surface area is 144 Å². The molecule has 8 heteroatoms. The van der Waals surface area contributed by atoms with Crippen LogP contribution in [0.4, 0.5) is 5.13 Å². The van der Waals surface area contributed by atoms with E-state index in [1.807, 2.05) is 0 Å². The molecule has 0 radical (unpaired) electrons. The Balaban J connectivity index is 2.03. The quantitative estimate of drug-likeness (QED) is 0.766. The summed E-state index contributed by atoms with van der Waals surface area (Å²) in [6, 6.07) is 0. The zero-order chi connectivity index (χ0) is 17.7. The third kappa shape index (κ3) is 4.53. The number of aryl methyl sites for hydroxylation is 1. The number of hydrogen-bond acceptors (Lipinski definition) is 7. The summed E-state index contributed by atoms with van der Waals surface area (Å²) in [6.45, 7) is 3.80. The maximum Gasteiger partial charge on any atom is 0.311 e. The minimum absolute atomic E-state index is 0.109. The zero-order valence-corrected chi connectivity index (χ0v) is 14.6. The van der Waals surface area contributed by atoms with Gasteiger partial charge in [0.1, 0.15) is 0 Å². The second kappa shape index (κ2) is 8.23. The summed E-state index contributed by atoms with van der Waals surface area (Å²) in [5, 5.41) is 14.3. The molecule has 1 amide bonds. The molecule has 1 aromatic heterocycles. The molecule has 1 aromatic rings. The molecule has 2 rings (SSSR count). The number of aromatic nitrogens is 1.